The van der Waals surface area contributed by atoms with Crippen LogP contribution in [0.2, 0.25) is 0 Å². The summed E-state index contributed by atoms with van der Waals surface area (Å²) >= 11 is 0. The first-order chi connectivity index (χ1) is 13.9. The van der Waals surface area contributed by atoms with E-state index in [9.17, 15) is 31.2 Å². The Morgan fingerprint density at radius 1 is 1.33 bits per heavy atom. The molecule has 0 unspecified atom stereocenters. The van der Waals surface area contributed by atoms with Crippen LogP contribution in [0.25, 0.3) is 5.57 Å². The smallest absolute Gasteiger partial charge is 0.338 e. The number of rotatable bonds is 6. The zero-order valence-electron chi connectivity index (χ0n) is 16.1. The standard InChI is InChI=1S/C18H21F3N4O4S/c1-17(18(19,20)21)8-12(13-6-7-25(23-13)9-10-2-3-10)14(15(26)22-17)16(27)24-30(28,29)11-4-5-11/h6-7,10-11H,2-5,8-9H2,1H3,(H,22,26)(H,24,27)/t17-/m1/s1. The van der Waals surface area contributed by atoms with Gasteiger partial charge < -0.3 is 5.32 Å². The largest absolute Gasteiger partial charge is 0.411 e. The Bertz CT molecular complexity index is 1040. The fraction of sp³-hybridized carbons (Fsp3) is 0.611. The average molecular weight is 446 g/mol. The van der Waals surface area contributed by atoms with E-state index >= 15 is 0 Å². The summed E-state index contributed by atoms with van der Waals surface area (Å²) in [5, 5.41) is 5.36. The van der Waals surface area contributed by atoms with Crippen LogP contribution in [0.3, 0.4) is 0 Å². The third-order valence-electron chi connectivity index (χ3n) is 5.59. The number of hydrogen-bond donors (Lipinski definition) is 2. The summed E-state index contributed by atoms with van der Waals surface area (Å²) in [5.74, 6) is -2.07. The van der Waals surface area contributed by atoms with Crippen LogP contribution in [0.4, 0.5) is 13.2 Å². The molecule has 2 aliphatic carbocycles. The lowest BCUT2D eigenvalue weighted by Gasteiger charge is -2.37. The maximum absolute atomic E-state index is 13.6. The Hall–Kier alpha value is -2.37. The molecule has 2 saturated carbocycles. The summed E-state index contributed by atoms with van der Waals surface area (Å²) in [6.07, 6.45) is -1.09. The van der Waals surface area contributed by atoms with Crippen molar-refractivity contribution in [1.82, 2.24) is 19.8 Å². The Kier molecular flexibility index (Phi) is 4.75. The molecule has 3 aliphatic rings. The Morgan fingerprint density at radius 2 is 2.00 bits per heavy atom. The second kappa shape index (κ2) is 6.82. The molecular weight excluding hydrogens is 425 g/mol. The molecule has 0 aromatic carbocycles. The van der Waals surface area contributed by atoms with Gasteiger partial charge in [0.1, 0.15) is 11.1 Å². The van der Waals surface area contributed by atoms with Crippen LogP contribution >= 0.6 is 0 Å². The lowest BCUT2D eigenvalue weighted by molar-refractivity contribution is -0.192. The van der Waals surface area contributed by atoms with E-state index in [4.69, 9.17) is 0 Å². The van der Waals surface area contributed by atoms with Crippen LogP contribution in [-0.2, 0) is 26.2 Å². The average Bonchev–Trinajstić information content (AvgIpc) is 3.51. The third-order valence-corrected chi connectivity index (χ3v) is 7.41. The number of halogens is 3. The molecule has 0 saturated heterocycles. The second-order valence-electron chi connectivity index (χ2n) is 8.36. The number of aromatic nitrogens is 2. The molecule has 8 nitrogen and oxygen atoms in total. The highest BCUT2D eigenvalue weighted by molar-refractivity contribution is 7.91. The number of amides is 2. The van der Waals surface area contributed by atoms with Gasteiger partial charge in [-0.3, -0.25) is 14.3 Å². The minimum atomic E-state index is -4.79. The highest BCUT2D eigenvalue weighted by atomic mass is 32.2. The summed E-state index contributed by atoms with van der Waals surface area (Å²) in [7, 11) is -3.99. The normalized spacial score (nSPS) is 25.3. The van der Waals surface area contributed by atoms with Crippen molar-refractivity contribution < 1.29 is 31.2 Å². The van der Waals surface area contributed by atoms with Crippen LogP contribution in [0.5, 0.6) is 0 Å². The highest BCUT2D eigenvalue weighted by Crippen LogP contribution is 2.41. The van der Waals surface area contributed by atoms with Crippen molar-refractivity contribution in [3.63, 3.8) is 0 Å². The van der Waals surface area contributed by atoms with Crippen LogP contribution in [-0.4, -0.2) is 47.0 Å². The van der Waals surface area contributed by atoms with E-state index in [-0.39, 0.29) is 11.3 Å². The molecule has 0 spiro atoms. The van der Waals surface area contributed by atoms with E-state index in [0.717, 1.165) is 19.8 Å². The van der Waals surface area contributed by atoms with Crippen LogP contribution < -0.4 is 10.0 Å². The molecule has 2 heterocycles. The SMILES string of the molecule is C[C@]1(C(F)(F)F)CC(c2ccn(CC3CC3)n2)=C(C(=O)NS(=O)(=O)C2CC2)C(=O)N1. The molecule has 1 aliphatic heterocycles. The van der Waals surface area contributed by atoms with Crippen molar-refractivity contribution in [1.29, 1.82) is 0 Å². The van der Waals surface area contributed by atoms with Gasteiger partial charge in [0.05, 0.1) is 10.9 Å². The van der Waals surface area contributed by atoms with Gasteiger partial charge in [0, 0.05) is 24.7 Å². The number of carbonyl (C=O) groups excluding carboxylic acids is 2. The maximum atomic E-state index is 13.6. The summed E-state index contributed by atoms with van der Waals surface area (Å²) in [6.45, 7) is 1.41. The van der Waals surface area contributed by atoms with E-state index in [1.165, 1.54) is 6.07 Å². The van der Waals surface area contributed by atoms with Gasteiger partial charge in [-0.2, -0.15) is 18.3 Å². The van der Waals surface area contributed by atoms with Gasteiger partial charge in [-0.25, -0.2) is 13.1 Å². The first-order valence-electron chi connectivity index (χ1n) is 9.62. The molecule has 2 fully saturated rings. The molecule has 1 aromatic rings. The van der Waals surface area contributed by atoms with E-state index in [1.54, 1.807) is 10.9 Å². The molecule has 1 atom stereocenters. The zero-order valence-corrected chi connectivity index (χ0v) is 16.9. The minimum Gasteiger partial charge on any atom is -0.338 e. The molecule has 164 valence electrons. The maximum Gasteiger partial charge on any atom is 0.411 e. The van der Waals surface area contributed by atoms with Crippen LogP contribution in [0, 0.1) is 5.92 Å². The van der Waals surface area contributed by atoms with E-state index in [1.807, 2.05) is 10.0 Å². The number of nitrogens with zero attached hydrogens (tertiary/aromatic N) is 2. The van der Waals surface area contributed by atoms with Crippen molar-refractivity contribution in [2.24, 2.45) is 5.92 Å². The number of nitrogens with one attached hydrogen (secondary N) is 2. The predicted octanol–water partition coefficient (Wildman–Crippen LogP) is 1.50. The molecule has 2 amide bonds. The van der Waals surface area contributed by atoms with Crippen molar-refractivity contribution in [3.8, 4) is 0 Å². The van der Waals surface area contributed by atoms with Gasteiger partial charge >= 0.3 is 6.18 Å². The summed E-state index contributed by atoms with van der Waals surface area (Å²) in [4.78, 5) is 25.3. The Morgan fingerprint density at radius 3 is 2.57 bits per heavy atom. The minimum absolute atomic E-state index is 0.0509. The van der Waals surface area contributed by atoms with Crippen LogP contribution in [0.1, 0.15) is 44.7 Å². The molecule has 30 heavy (non-hydrogen) atoms. The molecule has 0 bridgehead atoms. The first-order valence-corrected chi connectivity index (χ1v) is 11.2. The Balaban J connectivity index is 1.73. The predicted molar refractivity (Wildman–Crippen MR) is 99.2 cm³/mol. The molecule has 12 heteroatoms. The molecule has 4 rings (SSSR count). The van der Waals surface area contributed by atoms with Crippen molar-refractivity contribution in [2.75, 3.05) is 0 Å². The van der Waals surface area contributed by atoms with Crippen molar-refractivity contribution in [2.45, 2.75) is 62.5 Å². The van der Waals surface area contributed by atoms with Gasteiger partial charge in [0.15, 0.2) is 0 Å². The lowest BCUT2D eigenvalue weighted by Crippen LogP contribution is -2.60. The second-order valence-corrected chi connectivity index (χ2v) is 10.3. The van der Waals surface area contributed by atoms with Gasteiger partial charge in [-0.15, -0.1) is 0 Å². The molecule has 1 aromatic heterocycles. The van der Waals surface area contributed by atoms with E-state index < -0.39 is 50.8 Å². The lowest BCUT2D eigenvalue weighted by atomic mass is 9.83. The van der Waals surface area contributed by atoms with Gasteiger partial charge in [0.2, 0.25) is 10.0 Å². The summed E-state index contributed by atoms with van der Waals surface area (Å²) in [5.41, 5.74) is -3.44. The quantitative estimate of drug-likeness (QED) is 0.644. The van der Waals surface area contributed by atoms with Crippen LogP contribution in [0.15, 0.2) is 17.8 Å². The Labute approximate surface area is 170 Å². The number of sulfonamides is 1. The number of carbonyl (C=O) groups is 2. The van der Waals surface area contributed by atoms with Crippen molar-refractivity contribution in [3.05, 3.63) is 23.5 Å². The summed E-state index contributed by atoms with van der Waals surface area (Å²) < 4.78 is 68.5. The van der Waals surface area contributed by atoms with Gasteiger partial charge in [-0.05, 0) is 44.6 Å². The first kappa shape index (κ1) is 20.9. The zero-order chi connectivity index (χ0) is 21.9. The topological polar surface area (TPSA) is 110 Å². The van der Waals surface area contributed by atoms with E-state index in [0.29, 0.717) is 25.3 Å². The molecular formula is C18H21F3N4O4S. The fourth-order valence-electron chi connectivity index (χ4n) is 3.40. The number of alkyl halides is 3. The monoisotopic (exact) mass is 446 g/mol. The molecule has 0 radical (unpaired) electrons. The van der Waals surface area contributed by atoms with Gasteiger partial charge in [0.25, 0.3) is 11.8 Å². The van der Waals surface area contributed by atoms with Gasteiger partial charge in [-0.1, -0.05) is 0 Å². The fourth-order valence-corrected chi connectivity index (χ4v) is 4.68. The van der Waals surface area contributed by atoms with Crippen molar-refractivity contribution >= 4 is 27.4 Å². The third kappa shape index (κ3) is 3.96. The summed E-state index contributed by atoms with van der Waals surface area (Å²) in [6, 6.07) is 1.44. The molecule has 2 N–H and O–H groups in total. The number of hydrogen-bond acceptors (Lipinski definition) is 5. The highest BCUT2D eigenvalue weighted by Gasteiger charge is 2.56. The van der Waals surface area contributed by atoms with E-state index in [2.05, 4.69) is 5.10 Å².